The number of carbonyl (C=O) groups excluding carboxylic acids is 1. The highest BCUT2D eigenvalue weighted by Gasteiger charge is 2.40. The molecule has 0 aliphatic rings. The van der Waals surface area contributed by atoms with Crippen molar-refractivity contribution in [3.05, 3.63) is 69.8 Å². The molecule has 188 valence electrons. The van der Waals surface area contributed by atoms with Gasteiger partial charge in [0.1, 0.15) is 28.8 Å². The van der Waals surface area contributed by atoms with E-state index in [0.29, 0.717) is 15.8 Å². The Morgan fingerprint density at radius 3 is 2.56 bits per heavy atom. The Hall–Kier alpha value is -4.42. The average Bonchev–Trinajstić information content (AvgIpc) is 3.26. The van der Waals surface area contributed by atoms with Crippen LogP contribution in [-0.2, 0) is 6.54 Å². The zero-order chi connectivity index (χ0) is 26.2. The predicted octanol–water partition coefficient (Wildman–Crippen LogP) is 3.57. The molecule has 13 heteroatoms. The number of benzene rings is 2. The molecule has 9 nitrogen and oxygen atoms in total. The lowest BCUT2D eigenvalue weighted by atomic mass is 10.1. The summed E-state index contributed by atoms with van der Waals surface area (Å²) in [5, 5.41) is 12.5. The molecule has 0 bridgehead atoms. The summed E-state index contributed by atoms with van der Waals surface area (Å²) < 4.78 is 59.5. The van der Waals surface area contributed by atoms with Gasteiger partial charge in [0, 0.05) is 12.1 Å². The van der Waals surface area contributed by atoms with E-state index in [9.17, 15) is 27.2 Å². The van der Waals surface area contributed by atoms with Gasteiger partial charge in [-0.1, -0.05) is 24.3 Å². The topological polar surface area (TPSA) is 128 Å². The van der Waals surface area contributed by atoms with Gasteiger partial charge in [0.15, 0.2) is 5.82 Å². The van der Waals surface area contributed by atoms with Crippen LogP contribution in [0.2, 0.25) is 0 Å². The summed E-state index contributed by atoms with van der Waals surface area (Å²) in [6.07, 6.45) is -4.66. The van der Waals surface area contributed by atoms with Gasteiger partial charge in [-0.2, -0.15) is 23.4 Å². The Kier molecular flexibility index (Phi) is 6.39. The molecule has 2 aromatic heterocycles. The van der Waals surface area contributed by atoms with Gasteiger partial charge in [-0.3, -0.25) is 9.59 Å². The molecule has 4 N–H and O–H groups in total. The van der Waals surface area contributed by atoms with Crippen LogP contribution in [-0.4, -0.2) is 39.2 Å². The second kappa shape index (κ2) is 9.32. The van der Waals surface area contributed by atoms with Crippen molar-refractivity contribution in [2.75, 3.05) is 12.8 Å². The molecule has 1 atom stereocenters. The van der Waals surface area contributed by atoms with Crippen molar-refractivity contribution in [3.8, 4) is 17.0 Å². The Morgan fingerprint density at radius 2 is 1.92 bits per heavy atom. The number of fused-ring (bicyclic) bond motifs is 1. The number of alkyl halides is 3. The van der Waals surface area contributed by atoms with Crippen LogP contribution in [0.3, 0.4) is 0 Å². The molecule has 0 unspecified atom stereocenters. The van der Waals surface area contributed by atoms with E-state index in [4.69, 9.17) is 10.5 Å². The number of hydrogen-bond acceptors (Lipinski definition) is 6. The number of amides is 1. The highest BCUT2D eigenvalue weighted by atomic mass is 19.4. The van der Waals surface area contributed by atoms with E-state index in [1.807, 2.05) is 0 Å². The van der Waals surface area contributed by atoms with Gasteiger partial charge in [0.25, 0.3) is 11.5 Å². The number of anilines is 1. The van der Waals surface area contributed by atoms with Crippen molar-refractivity contribution in [1.82, 2.24) is 25.3 Å². The summed E-state index contributed by atoms with van der Waals surface area (Å²) in [7, 11) is 1.36. The number of methoxy groups -OCH3 is 1. The molecule has 0 aliphatic carbocycles. The standard InChI is InChI=1S/C23H20F4N6O3/c1-11(23(25,26)27)33-19-17(20(28)30-31-22(19)35)18(32-33)13-5-3-12(4-6-13)10-29-21(34)15-9-14(24)7-8-16(15)36-2/h3-9,11H,10H2,1-2H3,(H2,28,30)(H,29,34)(H,31,35)/t11-/m1/s1. The highest BCUT2D eigenvalue weighted by Crippen LogP contribution is 2.36. The Labute approximate surface area is 200 Å². The molecule has 0 aliphatic heterocycles. The van der Waals surface area contributed by atoms with Crippen molar-refractivity contribution in [2.45, 2.75) is 25.7 Å². The summed E-state index contributed by atoms with van der Waals surface area (Å²) in [5.41, 5.74) is 5.78. The van der Waals surface area contributed by atoms with Crippen LogP contribution in [0.15, 0.2) is 47.3 Å². The van der Waals surface area contributed by atoms with Gasteiger partial charge in [0.05, 0.1) is 18.1 Å². The van der Waals surface area contributed by atoms with Crippen LogP contribution in [0.25, 0.3) is 22.2 Å². The summed E-state index contributed by atoms with van der Waals surface area (Å²) in [6.45, 7) is 0.952. The quantitative estimate of drug-likeness (QED) is 0.345. The first-order valence-electron chi connectivity index (χ1n) is 10.6. The lowest BCUT2D eigenvalue weighted by molar-refractivity contribution is -0.164. The highest BCUT2D eigenvalue weighted by molar-refractivity contribution is 5.99. The molecule has 36 heavy (non-hydrogen) atoms. The van der Waals surface area contributed by atoms with Gasteiger partial charge >= 0.3 is 6.18 Å². The smallest absolute Gasteiger partial charge is 0.410 e. The zero-order valence-corrected chi connectivity index (χ0v) is 19.0. The maximum absolute atomic E-state index is 13.6. The molecule has 4 aromatic rings. The fourth-order valence-electron chi connectivity index (χ4n) is 3.65. The monoisotopic (exact) mass is 504 g/mol. The zero-order valence-electron chi connectivity index (χ0n) is 19.0. The van der Waals surface area contributed by atoms with E-state index in [0.717, 1.165) is 13.0 Å². The summed E-state index contributed by atoms with van der Waals surface area (Å²) in [4.78, 5) is 24.8. The van der Waals surface area contributed by atoms with Crippen molar-refractivity contribution in [2.24, 2.45) is 0 Å². The number of aromatic amines is 1. The Balaban J connectivity index is 1.63. The van der Waals surface area contributed by atoms with Crippen molar-refractivity contribution in [1.29, 1.82) is 0 Å². The minimum absolute atomic E-state index is 0.00546. The average molecular weight is 504 g/mol. The first kappa shape index (κ1) is 24.7. The maximum atomic E-state index is 13.6. The second-order valence-electron chi connectivity index (χ2n) is 7.90. The van der Waals surface area contributed by atoms with Gasteiger partial charge in [0.2, 0.25) is 0 Å². The van der Waals surface area contributed by atoms with E-state index in [1.165, 1.54) is 19.2 Å². The number of ether oxygens (including phenoxy) is 1. The number of aromatic nitrogens is 4. The third-order valence-corrected chi connectivity index (χ3v) is 5.59. The van der Waals surface area contributed by atoms with E-state index in [2.05, 4.69) is 20.6 Å². The molecule has 0 saturated heterocycles. The molecule has 4 rings (SSSR count). The van der Waals surface area contributed by atoms with Crippen LogP contribution in [0, 0.1) is 5.82 Å². The van der Waals surface area contributed by atoms with E-state index < -0.39 is 29.5 Å². The number of carbonyl (C=O) groups is 1. The molecule has 0 saturated carbocycles. The van der Waals surface area contributed by atoms with Gasteiger partial charge < -0.3 is 15.8 Å². The largest absolute Gasteiger partial charge is 0.496 e. The molecule has 2 aromatic carbocycles. The van der Waals surface area contributed by atoms with Crippen LogP contribution in [0.5, 0.6) is 5.75 Å². The summed E-state index contributed by atoms with van der Waals surface area (Å²) in [5.74, 6) is -1.12. The normalized spacial score (nSPS) is 12.5. The lowest BCUT2D eigenvalue weighted by Crippen LogP contribution is -2.27. The summed E-state index contributed by atoms with van der Waals surface area (Å²) in [6, 6.07) is 7.84. The molecule has 0 spiro atoms. The molecule has 2 heterocycles. The maximum Gasteiger partial charge on any atom is 0.410 e. The fourth-order valence-corrected chi connectivity index (χ4v) is 3.65. The number of nitrogens with zero attached hydrogens (tertiary/aromatic N) is 3. The Morgan fingerprint density at radius 1 is 1.22 bits per heavy atom. The first-order chi connectivity index (χ1) is 17.0. The second-order valence-corrected chi connectivity index (χ2v) is 7.90. The van der Waals surface area contributed by atoms with Crippen molar-refractivity contribution in [3.63, 3.8) is 0 Å². The lowest BCUT2D eigenvalue weighted by Gasteiger charge is -2.16. The number of nitrogen functional groups attached to an aromatic ring is 1. The van der Waals surface area contributed by atoms with Crippen LogP contribution >= 0.6 is 0 Å². The third kappa shape index (κ3) is 4.59. The van der Waals surface area contributed by atoms with Gasteiger partial charge in [-0.25, -0.2) is 14.2 Å². The number of rotatable bonds is 6. The van der Waals surface area contributed by atoms with Crippen molar-refractivity contribution >= 4 is 22.6 Å². The van der Waals surface area contributed by atoms with E-state index in [-0.39, 0.29) is 40.3 Å². The van der Waals surface area contributed by atoms with Crippen LogP contribution in [0.1, 0.15) is 28.9 Å². The van der Waals surface area contributed by atoms with Gasteiger partial charge in [-0.15, -0.1) is 0 Å². The van der Waals surface area contributed by atoms with Gasteiger partial charge in [-0.05, 0) is 30.7 Å². The molecule has 0 fully saturated rings. The number of nitrogens with one attached hydrogen (secondary N) is 2. The molecular formula is C23H20F4N6O3. The van der Waals surface area contributed by atoms with E-state index in [1.54, 1.807) is 24.3 Å². The van der Waals surface area contributed by atoms with E-state index >= 15 is 0 Å². The predicted molar refractivity (Wildman–Crippen MR) is 123 cm³/mol. The van der Waals surface area contributed by atoms with Crippen LogP contribution in [0.4, 0.5) is 23.4 Å². The third-order valence-electron chi connectivity index (χ3n) is 5.59. The number of nitrogens with two attached hydrogens (primary N) is 1. The number of H-pyrrole nitrogens is 1. The number of halogens is 4. The summed E-state index contributed by atoms with van der Waals surface area (Å²) >= 11 is 0. The Bertz CT molecular complexity index is 1490. The molecular weight excluding hydrogens is 484 g/mol. The fraction of sp³-hybridized carbons (Fsp3) is 0.217. The SMILES string of the molecule is COc1ccc(F)cc1C(=O)NCc1ccc(-c2nn([C@H](C)C(F)(F)F)c3c(=O)[nH]nc(N)c23)cc1. The minimum Gasteiger partial charge on any atom is -0.496 e. The molecule has 0 radical (unpaired) electrons. The van der Waals surface area contributed by atoms with Crippen molar-refractivity contribution < 1.29 is 27.1 Å². The molecule has 1 amide bonds. The minimum atomic E-state index is -4.66. The first-order valence-corrected chi connectivity index (χ1v) is 10.6. The number of hydrogen-bond donors (Lipinski definition) is 3. The van der Waals surface area contributed by atoms with Crippen LogP contribution < -0.4 is 21.3 Å².